The Kier molecular flexibility index (Phi) is 4.46. The molecule has 0 spiro atoms. The van der Waals surface area contributed by atoms with Crippen molar-refractivity contribution in [1.29, 1.82) is 0 Å². The summed E-state index contributed by atoms with van der Waals surface area (Å²) in [5, 5.41) is 4.05. The van der Waals surface area contributed by atoms with Crippen molar-refractivity contribution in [2.75, 3.05) is 7.05 Å². The first-order valence-electron chi connectivity index (χ1n) is 7.43. The van der Waals surface area contributed by atoms with Crippen LogP contribution in [0.1, 0.15) is 16.7 Å². The number of hydrogen-bond acceptors (Lipinski definition) is 2. The van der Waals surface area contributed by atoms with Gasteiger partial charge in [0.1, 0.15) is 0 Å². The van der Waals surface area contributed by atoms with Gasteiger partial charge in [0.15, 0.2) is 0 Å². The van der Waals surface area contributed by atoms with Gasteiger partial charge in [-0.25, -0.2) is 0 Å². The number of likely N-dealkylation sites (N-methyl/N-ethyl adjacent to an activating group) is 1. The molecule has 2 aromatic rings. The lowest BCUT2D eigenvalue weighted by Crippen LogP contribution is -2.48. The smallest absolute Gasteiger partial charge is 0.240 e. The molecule has 0 bridgehead atoms. The number of hydrogen-bond donors (Lipinski definition) is 1. The average molecular weight is 315 g/mol. The predicted molar refractivity (Wildman–Crippen MR) is 88.7 cm³/mol. The van der Waals surface area contributed by atoms with Gasteiger partial charge in [0.2, 0.25) is 5.91 Å². The van der Waals surface area contributed by atoms with Gasteiger partial charge in [-0.15, -0.1) is 0 Å². The van der Waals surface area contributed by atoms with E-state index in [0.717, 1.165) is 18.5 Å². The first-order valence-corrected chi connectivity index (χ1v) is 7.81. The van der Waals surface area contributed by atoms with Crippen molar-refractivity contribution in [3.05, 3.63) is 70.2 Å². The molecule has 4 heteroatoms. The fraction of sp³-hybridized carbons (Fsp3) is 0.278. The molecule has 0 saturated heterocycles. The first kappa shape index (κ1) is 15.1. The molecule has 0 radical (unpaired) electrons. The summed E-state index contributed by atoms with van der Waals surface area (Å²) in [6.45, 7) is 1.34. The average Bonchev–Trinajstić information content (AvgIpc) is 2.55. The van der Waals surface area contributed by atoms with Crippen LogP contribution in [0, 0.1) is 0 Å². The highest BCUT2D eigenvalue weighted by Crippen LogP contribution is 2.18. The molecule has 1 atom stereocenters. The summed E-state index contributed by atoms with van der Waals surface area (Å²) in [5.74, 6) is 0.129. The van der Waals surface area contributed by atoms with Gasteiger partial charge >= 0.3 is 0 Å². The molecular weight excluding hydrogens is 296 g/mol. The molecule has 1 N–H and O–H groups in total. The molecule has 1 aliphatic rings. The van der Waals surface area contributed by atoms with E-state index >= 15 is 0 Å². The maximum atomic E-state index is 12.6. The van der Waals surface area contributed by atoms with Crippen LogP contribution in [-0.4, -0.2) is 23.9 Å². The van der Waals surface area contributed by atoms with Crippen LogP contribution in [0.5, 0.6) is 0 Å². The molecule has 2 aromatic carbocycles. The van der Waals surface area contributed by atoms with Crippen LogP contribution in [0.25, 0.3) is 0 Å². The fourth-order valence-corrected chi connectivity index (χ4v) is 2.96. The van der Waals surface area contributed by atoms with E-state index in [0.29, 0.717) is 11.6 Å². The van der Waals surface area contributed by atoms with Gasteiger partial charge in [0, 0.05) is 25.2 Å². The van der Waals surface area contributed by atoms with Crippen LogP contribution in [0.15, 0.2) is 48.5 Å². The molecule has 1 unspecified atom stereocenters. The standard InChI is InChI=1S/C18H19ClN2O/c1-21(12-13-6-8-16(19)9-7-13)18(22)17-10-14-4-2-3-5-15(14)11-20-17/h2-9,17,20H,10-12H2,1H3. The second kappa shape index (κ2) is 6.51. The van der Waals surface area contributed by atoms with Crippen LogP contribution in [-0.2, 0) is 24.3 Å². The van der Waals surface area contributed by atoms with Gasteiger partial charge in [-0.2, -0.15) is 0 Å². The molecule has 0 aliphatic carbocycles. The Morgan fingerprint density at radius 3 is 2.59 bits per heavy atom. The minimum absolute atomic E-state index is 0.129. The van der Waals surface area contributed by atoms with E-state index in [9.17, 15) is 4.79 Å². The van der Waals surface area contributed by atoms with E-state index < -0.39 is 0 Å². The summed E-state index contributed by atoms with van der Waals surface area (Å²) in [7, 11) is 1.85. The van der Waals surface area contributed by atoms with Crippen molar-refractivity contribution < 1.29 is 4.79 Å². The van der Waals surface area contributed by atoms with Gasteiger partial charge in [-0.05, 0) is 35.2 Å². The molecular formula is C18H19ClN2O. The van der Waals surface area contributed by atoms with Gasteiger partial charge in [0.05, 0.1) is 6.04 Å². The Hall–Kier alpha value is -1.84. The van der Waals surface area contributed by atoms with Crippen molar-refractivity contribution in [2.24, 2.45) is 0 Å². The van der Waals surface area contributed by atoms with Crippen LogP contribution in [0.4, 0.5) is 0 Å². The van der Waals surface area contributed by atoms with E-state index in [1.807, 2.05) is 43.4 Å². The summed E-state index contributed by atoms with van der Waals surface area (Å²) in [6, 6.07) is 15.8. The number of rotatable bonds is 3. The predicted octanol–water partition coefficient (Wildman–Crippen LogP) is 3.01. The van der Waals surface area contributed by atoms with Crippen LogP contribution in [0.3, 0.4) is 0 Å². The lowest BCUT2D eigenvalue weighted by atomic mass is 9.95. The summed E-state index contributed by atoms with van der Waals surface area (Å²) in [6.07, 6.45) is 0.750. The van der Waals surface area contributed by atoms with Crippen molar-refractivity contribution in [3.63, 3.8) is 0 Å². The molecule has 3 rings (SSSR count). The van der Waals surface area contributed by atoms with Crippen molar-refractivity contribution in [1.82, 2.24) is 10.2 Å². The maximum Gasteiger partial charge on any atom is 0.240 e. The number of benzene rings is 2. The summed E-state index contributed by atoms with van der Waals surface area (Å²) in [4.78, 5) is 14.4. The highest BCUT2D eigenvalue weighted by Gasteiger charge is 2.26. The number of fused-ring (bicyclic) bond motifs is 1. The molecule has 1 amide bonds. The SMILES string of the molecule is CN(Cc1ccc(Cl)cc1)C(=O)C1Cc2ccccc2CN1. The lowest BCUT2D eigenvalue weighted by Gasteiger charge is -2.29. The van der Waals surface area contributed by atoms with Gasteiger partial charge in [-0.3, -0.25) is 4.79 Å². The Morgan fingerprint density at radius 2 is 1.86 bits per heavy atom. The fourth-order valence-electron chi connectivity index (χ4n) is 2.84. The molecule has 3 nitrogen and oxygen atoms in total. The number of carbonyl (C=O) groups excluding carboxylic acids is 1. The van der Waals surface area contributed by atoms with E-state index in [1.165, 1.54) is 11.1 Å². The van der Waals surface area contributed by atoms with Gasteiger partial charge in [-0.1, -0.05) is 48.0 Å². The van der Waals surface area contributed by atoms with Crippen molar-refractivity contribution in [2.45, 2.75) is 25.6 Å². The minimum Gasteiger partial charge on any atom is -0.340 e. The normalized spacial score (nSPS) is 16.9. The monoisotopic (exact) mass is 314 g/mol. The molecule has 1 aliphatic heterocycles. The third kappa shape index (κ3) is 3.32. The number of nitrogens with zero attached hydrogens (tertiary/aromatic N) is 1. The van der Waals surface area contributed by atoms with Gasteiger partial charge < -0.3 is 10.2 Å². The summed E-state index contributed by atoms with van der Waals surface area (Å²) >= 11 is 5.89. The van der Waals surface area contributed by atoms with E-state index in [1.54, 1.807) is 4.90 Å². The molecule has 0 aromatic heterocycles. The van der Waals surface area contributed by atoms with Crippen molar-refractivity contribution >= 4 is 17.5 Å². The zero-order valence-corrected chi connectivity index (χ0v) is 13.3. The third-order valence-corrected chi connectivity index (χ3v) is 4.34. The Bertz CT molecular complexity index is 669. The maximum absolute atomic E-state index is 12.6. The molecule has 1 heterocycles. The number of carbonyl (C=O) groups is 1. The number of halogens is 1. The second-order valence-electron chi connectivity index (χ2n) is 5.73. The van der Waals surface area contributed by atoms with Crippen molar-refractivity contribution in [3.8, 4) is 0 Å². The zero-order chi connectivity index (χ0) is 15.5. The zero-order valence-electron chi connectivity index (χ0n) is 12.6. The van der Waals surface area contributed by atoms with Crippen LogP contribution in [0.2, 0.25) is 5.02 Å². The Balaban J connectivity index is 1.65. The largest absolute Gasteiger partial charge is 0.340 e. The van der Waals surface area contributed by atoms with Crippen LogP contribution >= 0.6 is 11.6 Å². The molecule has 0 saturated carbocycles. The quantitative estimate of drug-likeness (QED) is 0.944. The lowest BCUT2D eigenvalue weighted by molar-refractivity contribution is -0.132. The Morgan fingerprint density at radius 1 is 1.18 bits per heavy atom. The molecule has 0 fully saturated rings. The molecule has 22 heavy (non-hydrogen) atoms. The van der Waals surface area contributed by atoms with E-state index in [-0.39, 0.29) is 11.9 Å². The topological polar surface area (TPSA) is 32.3 Å². The summed E-state index contributed by atoms with van der Waals surface area (Å²) in [5.41, 5.74) is 3.63. The molecule has 114 valence electrons. The highest BCUT2D eigenvalue weighted by atomic mass is 35.5. The minimum atomic E-state index is -0.146. The summed E-state index contributed by atoms with van der Waals surface area (Å²) < 4.78 is 0. The van der Waals surface area contributed by atoms with Crippen LogP contribution < -0.4 is 5.32 Å². The number of amides is 1. The van der Waals surface area contributed by atoms with E-state index in [2.05, 4.69) is 17.4 Å². The first-order chi connectivity index (χ1) is 10.6. The Labute approximate surface area is 135 Å². The van der Waals surface area contributed by atoms with Gasteiger partial charge in [0.25, 0.3) is 0 Å². The van der Waals surface area contributed by atoms with E-state index in [4.69, 9.17) is 11.6 Å². The number of nitrogens with one attached hydrogen (secondary N) is 1. The second-order valence-corrected chi connectivity index (χ2v) is 6.16. The third-order valence-electron chi connectivity index (χ3n) is 4.09. The highest BCUT2D eigenvalue weighted by molar-refractivity contribution is 6.30.